The number of nitrogens with zero attached hydrogens (tertiary/aromatic N) is 3. The Morgan fingerprint density at radius 3 is 2.24 bits per heavy atom. The Morgan fingerprint density at radius 2 is 1.61 bits per heavy atom. The number of rotatable bonds is 5. The summed E-state index contributed by atoms with van der Waals surface area (Å²) >= 11 is 0. The zero-order valence-corrected chi connectivity index (χ0v) is 20.3. The summed E-state index contributed by atoms with van der Waals surface area (Å²) in [4.78, 5) is 32.6. The molecular formula is C27H35N3O3. The van der Waals surface area contributed by atoms with Gasteiger partial charge in [-0.05, 0) is 48.2 Å². The van der Waals surface area contributed by atoms with Gasteiger partial charge >= 0.3 is 0 Å². The lowest BCUT2D eigenvalue weighted by Crippen LogP contribution is -2.47. The fourth-order valence-corrected chi connectivity index (χ4v) is 4.73. The molecule has 0 aliphatic carbocycles. The molecule has 33 heavy (non-hydrogen) atoms. The number of fused-ring (bicyclic) bond motifs is 1. The predicted molar refractivity (Wildman–Crippen MR) is 130 cm³/mol. The Bertz CT molecular complexity index is 1010. The van der Waals surface area contributed by atoms with Crippen molar-refractivity contribution in [1.29, 1.82) is 0 Å². The van der Waals surface area contributed by atoms with Gasteiger partial charge in [-0.3, -0.25) is 9.59 Å². The van der Waals surface area contributed by atoms with Crippen LogP contribution in [0, 0.1) is 0 Å². The molecule has 0 unspecified atom stereocenters. The third-order valence-corrected chi connectivity index (χ3v) is 6.96. The van der Waals surface area contributed by atoms with Crippen LogP contribution in [0.4, 0.5) is 0 Å². The van der Waals surface area contributed by atoms with Crippen LogP contribution >= 0.6 is 0 Å². The molecular weight excluding hydrogens is 414 g/mol. The molecule has 0 atom stereocenters. The monoisotopic (exact) mass is 449 g/mol. The van der Waals surface area contributed by atoms with Crippen molar-refractivity contribution < 1.29 is 14.3 Å². The van der Waals surface area contributed by atoms with Crippen molar-refractivity contribution in [1.82, 2.24) is 14.7 Å². The molecule has 0 bridgehead atoms. The number of amides is 2. The van der Waals surface area contributed by atoms with E-state index in [4.69, 9.17) is 4.74 Å². The second-order valence-corrected chi connectivity index (χ2v) is 9.51. The Labute approximate surface area is 197 Å². The average Bonchev–Trinajstić information content (AvgIpc) is 2.83. The Hall–Kier alpha value is -2.86. The van der Waals surface area contributed by atoms with Crippen molar-refractivity contribution in [3.8, 4) is 5.75 Å². The molecule has 2 aromatic rings. The summed E-state index contributed by atoms with van der Waals surface area (Å²) in [6.07, 6.45) is 1.07. The number of methoxy groups -OCH3 is 1. The molecule has 2 amide bonds. The van der Waals surface area contributed by atoms with E-state index in [9.17, 15) is 9.59 Å². The minimum Gasteiger partial charge on any atom is -0.496 e. The third-order valence-electron chi connectivity index (χ3n) is 6.96. The highest BCUT2D eigenvalue weighted by Gasteiger charge is 2.30. The van der Waals surface area contributed by atoms with E-state index >= 15 is 0 Å². The second-order valence-electron chi connectivity index (χ2n) is 9.51. The van der Waals surface area contributed by atoms with Crippen LogP contribution in [-0.4, -0.2) is 73.4 Å². The quantitative estimate of drug-likeness (QED) is 0.703. The van der Waals surface area contributed by atoms with Crippen molar-refractivity contribution in [3.63, 3.8) is 0 Å². The molecule has 0 spiro atoms. The lowest BCUT2D eigenvalue weighted by Gasteiger charge is -2.35. The number of benzene rings is 2. The van der Waals surface area contributed by atoms with E-state index in [2.05, 4.69) is 50.1 Å². The molecule has 0 radical (unpaired) electrons. The SMILES string of the molecule is COc1ccc(C(=O)N2CCN(C)CC2)c2c1CCN(C(=O)Cc1ccc(C(C)C)cc1)C2. The van der Waals surface area contributed by atoms with Gasteiger partial charge in [0.2, 0.25) is 5.91 Å². The smallest absolute Gasteiger partial charge is 0.254 e. The van der Waals surface area contributed by atoms with Crippen molar-refractivity contribution >= 4 is 11.8 Å². The summed E-state index contributed by atoms with van der Waals surface area (Å²) < 4.78 is 5.59. The van der Waals surface area contributed by atoms with Gasteiger partial charge in [0.05, 0.1) is 13.5 Å². The van der Waals surface area contributed by atoms with Crippen LogP contribution in [0.3, 0.4) is 0 Å². The Morgan fingerprint density at radius 1 is 0.909 bits per heavy atom. The summed E-state index contributed by atoms with van der Waals surface area (Å²) in [5, 5.41) is 0. The molecule has 4 rings (SSSR count). The van der Waals surface area contributed by atoms with Gasteiger partial charge in [0, 0.05) is 50.4 Å². The van der Waals surface area contributed by atoms with Crippen LogP contribution in [0.1, 0.15) is 52.4 Å². The standard InChI is InChI=1S/C27H35N3O3/c1-19(2)21-7-5-20(6-8-21)17-26(31)30-12-11-22-24(18-30)23(9-10-25(22)33-4)27(32)29-15-13-28(3)14-16-29/h5-10,19H,11-18H2,1-4H3. The molecule has 6 nitrogen and oxygen atoms in total. The molecule has 0 N–H and O–H groups in total. The second kappa shape index (κ2) is 9.96. The van der Waals surface area contributed by atoms with Gasteiger partial charge in [-0.15, -0.1) is 0 Å². The largest absolute Gasteiger partial charge is 0.496 e. The molecule has 6 heteroatoms. The first-order valence-electron chi connectivity index (χ1n) is 11.9. The van der Waals surface area contributed by atoms with Gasteiger partial charge in [-0.25, -0.2) is 0 Å². The maximum Gasteiger partial charge on any atom is 0.254 e. The van der Waals surface area contributed by atoms with Gasteiger partial charge in [0.25, 0.3) is 5.91 Å². The fraction of sp³-hybridized carbons (Fsp3) is 0.481. The number of piperazine rings is 1. The first-order valence-corrected chi connectivity index (χ1v) is 11.9. The van der Waals surface area contributed by atoms with E-state index in [-0.39, 0.29) is 11.8 Å². The molecule has 2 heterocycles. The van der Waals surface area contributed by atoms with Crippen LogP contribution < -0.4 is 4.74 Å². The Kier molecular flexibility index (Phi) is 7.03. The number of ether oxygens (including phenoxy) is 1. The van der Waals surface area contributed by atoms with Gasteiger partial charge in [-0.2, -0.15) is 0 Å². The highest BCUT2D eigenvalue weighted by atomic mass is 16.5. The molecule has 1 fully saturated rings. The number of likely N-dealkylation sites (N-methyl/N-ethyl adjacent to an activating group) is 1. The summed E-state index contributed by atoms with van der Waals surface area (Å²) in [6, 6.07) is 12.1. The van der Waals surface area contributed by atoms with Gasteiger partial charge in [-0.1, -0.05) is 38.1 Å². The molecule has 2 aliphatic heterocycles. The van der Waals surface area contributed by atoms with Crippen LogP contribution in [0.15, 0.2) is 36.4 Å². The zero-order valence-electron chi connectivity index (χ0n) is 20.3. The normalized spacial score (nSPS) is 16.6. The molecule has 2 aliphatic rings. The van der Waals surface area contributed by atoms with Gasteiger partial charge in [0.1, 0.15) is 5.75 Å². The maximum absolute atomic E-state index is 13.4. The maximum atomic E-state index is 13.4. The van der Waals surface area contributed by atoms with E-state index in [0.717, 1.165) is 48.6 Å². The van der Waals surface area contributed by atoms with Crippen LogP contribution in [0.5, 0.6) is 5.75 Å². The van der Waals surface area contributed by atoms with E-state index in [1.165, 1.54) is 5.56 Å². The van der Waals surface area contributed by atoms with Gasteiger partial charge < -0.3 is 19.4 Å². The predicted octanol–water partition coefficient (Wildman–Crippen LogP) is 3.33. The molecule has 2 aromatic carbocycles. The summed E-state index contributed by atoms with van der Waals surface area (Å²) in [5.41, 5.74) is 5.00. The highest BCUT2D eigenvalue weighted by Crippen LogP contribution is 2.32. The summed E-state index contributed by atoms with van der Waals surface area (Å²) in [6.45, 7) is 8.63. The van der Waals surface area contributed by atoms with Crippen LogP contribution in [-0.2, 0) is 24.2 Å². The zero-order chi connectivity index (χ0) is 23.5. The third kappa shape index (κ3) is 5.06. The highest BCUT2D eigenvalue weighted by molar-refractivity contribution is 5.96. The lowest BCUT2D eigenvalue weighted by atomic mass is 9.92. The number of hydrogen-bond donors (Lipinski definition) is 0. The lowest BCUT2D eigenvalue weighted by molar-refractivity contribution is -0.131. The van der Waals surface area contributed by atoms with Crippen LogP contribution in [0.2, 0.25) is 0 Å². The van der Waals surface area contributed by atoms with E-state index < -0.39 is 0 Å². The Balaban J connectivity index is 1.53. The first kappa shape index (κ1) is 23.3. The molecule has 0 aromatic heterocycles. The summed E-state index contributed by atoms with van der Waals surface area (Å²) in [5.74, 6) is 1.43. The van der Waals surface area contributed by atoms with Crippen LogP contribution in [0.25, 0.3) is 0 Å². The van der Waals surface area contributed by atoms with Crippen molar-refractivity contribution in [2.75, 3.05) is 46.9 Å². The van der Waals surface area contributed by atoms with Crippen molar-refractivity contribution in [2.24, 2.45) is 0 Å². The fourth-order valence-electron chi connectivity index (χ4n) is 4.73. The summed E-state index contributed by atoms with van der Waals surface area (Å²) in [7, 11) is 3.74. The minimum atomic E-state index is 0.0561. The van der Waals surface area contributed by atoms with Crippen molar-refractivity contribution in [3.05, 3.63) is 64.2 Å². The molecule has 0 saturated carbocycles. The van der Waals surface area contributed by atoms with Crippen molar-refractivity contribution in [2.45, 2.75) is 39.2 Å². The van der Waals surface area contributed by atoms with Gasteiger partial charge in [0.15, 0.2) is 0 Å². The van der Waals surface area contributed by atoms with E-state index in [1.54, 1.807) is 7.11 Å². The number of carbonyl (C=O) groups is 2. The minimum absolute atomic E-state index is 0.0561. The van der Waals surface area contributed by atoms with E-state index in [1.807, 2.05) is 21.9 Å². The average molecular weight is 450 g/mol. The molecule has 1 saturated heterocycles. The van der Waals surface area contributed by atoms with E-state index in [0.29, 0.717) is 37.4 Å². The topological polar surface area (TPSA) is 53.1 Å². The number of carbonyl (C=O) groups excluding carboxylic acids is 2. The molecule has 176 valence electrons. The number of hydrogen-bond acceptors (Lipinski definition) is 4. The first-order chi connectivity index (χ1) is 15.9.